The molecule has 1 unspecified atom stereocenters. The number of nitrogens with zero attached hydrogens (tertiary/aromatic N) is 3. The lowest BCUT2D eigenvalue weighted by atomic mass is 10.2. The molecule has 0 radical (unpaired) electrons. The highest BCUT2D eigenvalue weighted by Crippen LogP contribution is 2.10. The van der Waals surface area contributed by atoms with Gasteiger partial charge in [0.2, 0.25) is 0 Å². The van der Waals surface area contributed by atoms with E-state index in [1.807, 2.05) is 16.8 Å². The van der Waals surface area contributed by atoms with Crippen LogP contribution in [0, 0.1) is 0 Å². The number of rotatable bonds is 6. The van der Waals surface area contributed by atoms with Crippen LogP contribution in [0.25, 0.3) is 5.65 Å². The van der Waals surface area contributed by atoms with Gasteiger partial charge in [-0.3, -0.25) is 4.40 Å². The van der Waals surface area contributed by atoms with Crippen LogP contribution in [-0.4, -0.2) is 32.1 Å². The summed E-state index contributed by atoms with van der Waals surface area (Å²) in [5, 5.41) is 12.9. The molecule has 0 aliphatic rings. The minimum atomic E-state index is -0.275. The molecule has 2 heterocycles. The molecule has 0 amide bonds. The van der Waals surface area contributed by atoms with Gasteiger partial charge < -0.3 is 10.4 Å². The maximum absolute atomic E-state index is 9.63. The first kappa shape index (κ1) is 13.5. The van der Waals surface area contributed by atoms with Crippen molar-refractivity contribution in [3.05, 3.63) is 28.9 Å². The first-order valence-corrected chi connectivity index (χ1v) is 6.86. The van der Waals surface area contributed by atoms with Gasteiger partial charge in [0.05, 0.1) is 24.2 Å². The van der Waals surface area contributed by atoms with Crippen LogP contribution in [0.15, 0.2) is 23.2 Å². The number of hydrogen-bond donors (Lipinski definition) is 2. The Morgan fingerprint density at radius 3 is 3.06 bits per heavy atom. The Labute approximate surface area is 114 Å². The molecule has 2 aromatic heterocycles. The van der Waals surface area contributed by atoms with Gasteiger partial charge in [0.1, 0.15) is 4.60 Å². The third kappa shape index (κ3) is 3.28. The second kappa shape index (κ2) is 6.26. The third-order valence-corrected chi connectivity index (χ3v) is 3.16. The van der Waals surface area contributed by atoms with Crippen LogP contribution in [0.1, 0.15) is 25.5 Å². The monoisotopic (exact) mass is 312 g/mol. The summed E-state index contributed by atoms with van der Waals surface area (Å²) in [6, 6.07) is 0. The first-order chi connectivity index (χ1) is 8.70. The van der Waals surface area contributed by atoms with E-state index in [1.165, 1.54) is 0 Å². The SMILES string of the molecule is CCCC(O)CNCc1cnc2cnc(Br)cn12. The lowest BCUT2D eigenvalue weighted by Crippen LogP contribution is -2.26. The predicted molar refractivity (Wildman–Crippen MR) is 73.3 cm³/mol. The second-order valence-electron chi connectivity index (χ2n) is 4.26. The fourth-order valence-corrected chi connectivity index (χ4v) is 2.16. The highest BCUT2D eigenvalue weighted by Gasteiger charge is 2.06. The van der Waals surface area contributed by atoms with Crippen LogP contribution < -0.4 is 5.32 Å². The van der Waals surface area contributed by atoms with Crippen LogP contribution in [-0.2, 0) is 6.54 Å². The zero-order valence-corrected chi connectivity index (χ0v) is 11.9. The van der Waals surface area contributed by atoms with Gasteiger partial charge in [0.15, 0.2) is 5.65 Å². The van der Waals surface area contributed by atoms with E-state index in [9.17, 15) is 5.11 Å². The highest BCUT2D eigenvalue weighted by atomic mass is 79.9. The smallest absolute Gasteiger partial charge is 0.155 e. The summed E-state index contributed by atoms with van der Waals surface area (Å²) in [5.41, 5.74) is 1.88. The topological polar surface area (TPSA) is 62.5 Å². The maximum Gasteiger partial charge on any atom is 0.155 e. The summed E-state index contributed by atoms with van der Waals surface area (Å²) in [5.74, 6) is 0. The van der Waals surface area contributed by atoms with Crippen LogP contribution in [0.2, 0.25) is 0 Å². The molecule has 0 fully saturated rings. The predicted octanol–water partition coefficient (Wildman–Crippen LogP) is 1.74. The summed E-state index contributed by atoms with van der Waals surface area (Å²) in [6.45, 7) is 3.35. The number of aliphatic hydroxyl groups excluding tert-OH is 1. The molecule has 0 bridgehead atoms. The molecule has 0 saturated carbocycles. The third-order valence-electron chi connectivity index (χ3n) is 2.75. The van der Waals surface area contributed by atoms with Crippen molar-refractivity contribution in [2.75, 3.05) is 6.54 Å². The van der Waals surface area contributed by atoms with Crippen molar-refractivity contribution < 1.29 is 5.11 Å². The molecule has 0 spiro atoms. The maximum atomic E-state index is 9.63. The molecule has 6 heteroatoms. The molecular weight excluding hydrogens is 296 g/mol. The van der Waals surface area contributed by atoms with Crippen molar-refractivity contribution in [1.82, 2.24) is 19.7 Å². The van der Waals surface area contributed by atoms with Crippen LogP contribution in [0.5, 0.6) is 0 Å². The van der Waals surface area contributed by atoms with E-state index in [1.54, 1.807) is 6.20 Å². The van der Waals surface area contributed by atoms with Gasteiger partial charge >= 0.3 is 0 Å². The summed E-state index contributed by atoms with van der Waals surface area (Å²) in [7, 11) is 0. The van der Waals surface area contributed by atoms with E-state index < -0.39 is 0 Å². The standard InChI is InChI=1S/C12H17BrN4O/c1-2-3-10(18)6-14-4-9-5-16-12-7-15-11(13)8-17(9)12/h5,7-8,10,14,18H,2-4,6H2,1H3. The normalized spacial score (nSPS) is 13.1. The van der Waals surface area contributed by atoms with E-state index in [2.05, 4.69) is 38.1 Å². The van der Waals surface area contributed by atoms with Crippen molar-refractivity contribution in [3.8, 4) is 0 Å². The first-order valence-electron chi connectivity index (χ1n) is 6.07. The molecule has 1 atom stereocenters. The van der Waals surface area contributed by atoms with E-state index in [0.29, 0.717) is 13.1 Å². The van der Waals surface area contributed by atoms with Crippen molar-refractivity contribution in [2.45, 2.75) is 32.4 Å². The lowest BCUT2D eigenvalue weighted by molar-refractivity contribution is 0.160. The van der Waals surface area contributed by atoms with Gasteiger partial charge in [0.25, 0.3) is 0 Å². The largest absolute Gasteiger partial charge is 0.392 e. The van der Waals surface area contributed by atoms with Gasteiger partial charge in [0, 0.05) is 19.3 Å². The van der Waals surface area contributed by atoms with Crippen LogP contribution >= 0.6 is 15.9 Å². The van der Waals surface area contributed by atoms with E-state index >= 15 is 0 Å². The highest BCUT2D eigenvalue weighted by molar-refractivity contribution is 9.10. The van der Waals surface area contributed by atoms with E-state index in [-0.39, 0.29) is 6.10 Å². The van der Waals surface area contributed by atoms with Gasteiger partial charge in [-0.05, 0) is 22.4 Å². The van der Waals surface area contributed by atoms with E-state index in [0.717, 1.165) is 28.8 Å². The van der Waals surface area contributed by atoms with Crippen molar-refractivity contribution in [2.24, 2.45) is 0 Å². The minimum Gasteiger partial charge on any atom is -0.392 e. The molecule has 0 aromatic carbocycles. The Bertz CT molecular complexity index is 514. The number of fused-ring (bicyclic) bond motifs is 1. The van der Waals surface area contributed by atoms with Gasteiger partial charge in [-0.2, -0.15) is 0 Å². The van der Waals surface area contributed by atoms with Crippen molar-refractivity contribution in [1.29, 1.82) is 0 Å². The van der Waals surface area contributed by atoms with E-state index in [4.69, 9.17) is 0 Å². The molecule has 0 aliphatic carbocycles. The summed E-state index contributed by atoms with van der Waals surface area (Å²) >= 11 is 3.34. The minimum absolute atomic E-state index is 0.275. The fourth-order valence-electron chi connectivity index (χ4n) is 1.85. The summed E-state index contributed by atoms with van der Waals surface area (Å²) in [4.78, 5) is 8.40. The average Bonchev–Trinajstić information content (AvgIpc) is 2.72. The van der Waals surface area contributed by atoms with Gasteiger partial charge in [-0.15, -0.1) is 0 Å². The fraction of sp³-hybridized carbons (Fsp3) is 0.500. The molecule has 2 N–H and O–H groups in total. The zero-order chi connectivity index (χ0) is 13.0. The summed E-state index contributed by atoms with van der Waals surface area (Å²) < 4.78 is 2.76. The number of hydrogen-bond acceptors (Lipinski definition) is 4. The Morgan fingerprint density at radius 1 is 1.44 bits per heavy atom. The van der Waals surface area contributed by atoms with Gasteiger partial charge in [-0.1, -0.05) is 13.3 Å². The van der Waals surface area contributed by atoms with Gasteiger partial charge in [-0.25, -0.2) is 9.97 Å². The average molecular weight is 313 g/mol. The zero-order valence-electron chi connectivity index (χ0n) is 10.3. The number of imidazole rings is 1. The van der Waals surface area contributed by atoms with Crippen molar-refractivity contribution in [3.63, 3.8) is 0 Å². The van der Waals surface area contributed by atoms with Crippen LogP contribution in [0.4, 0.5) is 0 Å². The molecule has 98 valence electrons. The quantitative estimate of drug-likeness (QED) is 0.853. The molecule has 2 aromatic rings. The molecule has 18 heavy (non-hydrogen) atoms. The Morgan fingerprint density at radius 2 is 2.28 bits per heavy atom. The Hall–Kier alpha value is -0.980. The van der Waals surface area contributed by atoms with Crippen LogP contribution in [0.3, 0.4) is 0 Å². The molecule has 5 nitrogen and oxygen atoms in total. The molecule has 0 aliphatic heterocycles. The molecule has 2 rings (SSSR count). The Balaban J connectivity index is 1.97. The summed E-state index contributed by atoms with van der Waals surface area (Å²) in [6.07, 6.45) is 6.99. The number of aliphatic hydroxyl groups is 1. The Kier molecular flexibility index (Phi) is 4.68. The number of aromatic nitrogens is 3. The molecular formula is C12H17BrN4O. The number of nitrogens with one attached hydrogen (secondary N) is 1. The van der Waals surface area contributed by atoms with Crippen molar-refractivity contribution >= 4 is 21.6 Å². The molecule has 0 saturated heterocycles. The number of halogens is 1. The second-order valence-corrected chi connectivity index (χ2v) is 5.07. The lowest BCUT2D eigenvalue weighted by Gasteiger charge is -2.10.